The highest BCUT2D eigenvalue weighted by molar-refractivity contribution is 6.30. The first-order valence-electron chi connectivity index (χ1n) is 8.89. The Balaban J connectivity index is 1.54. The van der Waals surface area contributed by atoms with Crippen LogP contribution in [0.1, 0.15) is 44.6 Å². The van der Waals surface area contributed by atoms with Crippen LogP contribution in [0.2, 0.25) is 5.02 Å². The molecule has 1 aromatic carbocycles. The highest BCUT2D eigenvalue weighted by Crippen LogP contribution is 2.26. The van der Waals surface area contributed by atoms with E-state index in [0.717, 1.165) is 24.4 Å². The van der Waals surface area contributed by atoms with E-state index in [-0.39, 0.29) is 5.97 Å². The molecule has 0 bridgehead atoms. The maximum Gasteiger partial charge on any atom is 0.307 e. The summed E-state index contributed by atoms with van der Waals surface area (Å²) in [5.41, 5.74) is 1.17. The predicted molar refractivity (Wildman–Crippen MR) is 96.1 cm³/mol. The van der Waals surface area contributed by atoms with Crippen molar-refractivity contribution in [3.63, 3.8) is 0 Å². The molecule has 0 heterocycles. The van der Waals surface area contributed by atoms with E-state index in [1.807, 2.05) is 31.2 Å². The molecule has 0 radical (unpaired) electrons. The Labute approximate surface area is 149 Å². The number of benzene rings is 1. The van der Waals surface area contributed by atoms with E-state index in [2.05, 4.69) is 5.32 Å². The monoisotopic (exact) mass is 353 g/mol. The van der Waals surface area contributed by atoms with Gasteiger partial charge >= 0.3 is 5.97 Å². The average molecular weight is 354 g/mol. The number of esters is 1. The van der Waals surface area contributed by atoms with Crippen LogP contribution >= 0.6 is 11.6 Å². The van der Waals surface area contributed by atoms with Gasteiger partial charge in [-0.25, -0.2) is 0 Å². The first kappa shape index (κ1) is 19.2. The van der Waals surface area contributed by atoms with Crippen LogP contribution in [0.25, 0.3) is 0 Å². The number of hydrogen-bond donors (Lipinski definition) is 1. The molecule has 0 atom stereocenters. The average Bonchev–Trinajstić information content (AvgIpc) is 2.59. The molecule has 24 heavy (non-hydrogen) atoms. The smallest absolute Gasteiger partial charge is 0.307 e. The minimum atomic E-state index is -0.121. The van der Waals surface area contributed by atoms with Crippen LogP contribution in [0.15, 0.2) is 24.3 Å². The van der Waals surface area contributed by atoms with E-state index >= 15 is 0 Å². The van der Waals surface area contributed by atoms with Gasteiger partial charge in [-0.1, -0.05) is 23.7 Å². The first-order chi connectivity index (χ1) is 11.7. The molecule has 0 unspecified atom stereocenters. The topological polar surface area (TPSA) is 47.6 Å². The molecule has 0 aromatic heterocycles. The molecule has 5 heteroatoms. The Morgan fingerprint density at radius 1 is 1.21 bits per heavy atom. The standard InChI is InChI=1S/C19H28ClNO3/c1-2-23-19(22)11-12-21-13-15-5-9-18(10-6-15)24-14-16-3-7-17(20)8-4-16/h3-4,7-8,15,18,21H,2,5-6,9-14H2,1H3/t15-,18+. The van der Waals surface area contributed by atoms with Crippen molar-refractivity contribution in [2.45, 2.75) is 51.7 Å². The number of hydrogen-bond acceptors (Lipinski definition) is 4. The minimum absolute atomic E-state index is 0.121. The minimum Gasteiger partial charge on any atom is -0.466 e. The molecule has 0 amide bonds. The molecule has 0 aliphatic heterocycles. The summed E-state index contributed by atoms with van der Waals surface area (Å²) >= 11 is 5.89. The van der Waals surface area contributed by atoms with Crippen molar-refractivity contribution in [2.75, 3.05) is 19.7 Å². The Morgan fingerprint density at radius 2 is 1.92 bits per heavy atom. The van der Waals surface area contributed by atoms with Crippen molar-refractivity contribution in [3.8, 4) is 0 Å². The third-order valence-corrected chi connectivity index (χ3v) is 4.69. The molecule has 2 rings (SSSR count). The van der Waals surface area contributed by atoms with Crippen molar-refractivity contribution in [3.05, 3.63) is 34.9 Å². The highest BCUT2D eigenvalue weighted by Gasteiger charge is 2.21. The summed E-state index contributed by atoms with van der Waals surface area (Å²) in [6.45, 7) is 4.62. The van der Waals surface area contributed by atoms with Crippen molar-refractivity contribution in [1.29, 1.82) is 0 Å². The number of rotatable bonds is 9. The maximum absolute atomic E-state index is 11.3. The largest absolute Gasteiger partial charge is 0.466 e. The van der Waals surface area contributed by atoms with Crippen LogP contribution < -0.4 is 5.32 Å². The van der Waals surface area contributed by atoms with Crippen LogP contribution in [0, 0.1) is 5.92 Å². The first-order valence-corrected chi connectivity index (χ1v) is 9.27. The van der Waals surface area contributed by atoms with E-state index in [9.17, 15) is 4.79 Å². The Kier molecular flexibility index (Phi) is 8.57. The van der Waals surface area contributed by atoms with Gasteiger partial charge in [0.1, 0.15) is 0 Å². The second kappa shape index (κ2) is 10.7. The van der Waals surface area contributed by atoms with Gasteiger partial charge in [-0.2, -0.15) is 0 Å². The third-order valence-electron chi connectivity index (χ3n) is 4.44. The molecule has 1 N–H and O–H groups in total. The molecule has 1 aliphatic carbocycles. The molecule has 1 aliphatic rings. The van der Waals surface area contributed by atoms with E-state index in [4.69, 9.17) is 21.1 Å². The van der Waals surface area contributed by atoms with Gasteiger partial charge in [0, 0.05) is 11.6 Å². The number of ether oxygens (including phenoxy) is 2. The van der Waals surface area contributed by atoms with Crippen molar-refractivity contribution < 1.29 is 14.3 Å². The van der Waals surface area contributed by atoms with Gasteiger partial charge in [-0.05, 0) is 62.8 Å². The van der Waals surface area contributed by atoms with E-state index in [1.54, 1.807) is 0 Å². The summed E-state index contributed by atoms with van der Waals surface area (Å²) in [6, 6.07) is 7.83. The summed E-state index contributed by atoms with van der Waals surface area (Å²) in [5, 5.41) is 4.13. The summed E-state index contributed by atoms with van der Waals surface area (Å²) in [5.74, 6) is 0.562. The second-order valence-electron chi connectivity index (χ2n) is 6.34. The number of nitrogens with one attached hydrogen (secondary N) is 1. The third kappa shape index (κ3) is 7.20. The molecule has 1 aromatic rings. The molecule has 0 saturated heterocycles. The zero-order valence-corrected chi connectivity index (χ0v) is 15.2. The summed E-state index contributed by atoms with van der Waals surface area (Å²) in [4.78, 5) is 11.3. The maximum atomic E-state index is 11.3. The van der Waals surface area contributed by atoms with Crippen LogP contribution in [0.5, 0.6) is 0 Å². The normalized spacial score (nSPS) is 20.8. The highest BCUT2D eigenvalue weighted by atomic mass is 35.5. The van der Waals surface area contributed by atoms with Gasteiger partial charge in [0.15, 0.2) is 0 Å². The lowest BCUT2D eigenvalue weighted by molar-refractivity contribution is -0.142. The molecule has 4 nitrogen and oxygen atoms in total. The lowest BCUT2D eigenvalue weighted by atomic mass is 9.87. The Morgan fingerprint density at radius 3 is 2.58 bits per heavy atom. The zero-order valence-electron chi connectivity index (χ0n) is 14.4. The van der Waals surface area contributed by atoms with E-state index in [0.29, 0.717) is 38.2 Å². The van der Waals surface area contributed by atoms with Crippen molar-refractivity contribution in [1.82, 2.24) is 5.32 Å². The predicted octanol–water partition coefficient (Wildman–Crippen LogP) is 3.96. The van der Waals surface area contributed by atoms with Crippen LogP contribution in [-0.4, -0.2) is 31.8 Å². The number of carbonyl (C=O) groups is 1. The SMILES string of the molecule is CCOC(=O)CCNC[C@H]1CC[C@@H](OCc2ccc(Cl)cc2)CC1. The molecule has 134 valence electrons. The Bertz CT molecular complexity index is 484. The van der Waals surface area contributed by atoms with E-state index in [1.165, 1.54) is 18.4 Å². The molecule has 1 fully saturated rings. The fourth-order valence-corrected chi connectivity index (χ4v) is 3.15. The van der Waals surface area contributed by atoms with Gasteiger partial charge < -0.3 is 14.8 Å². The lowest BCUT2D eigenvalue weighted by Gasteiger charge is -2.28. The summed E-state index contributed by atoms with van der Waals surface area (Å²) < 4.78 is 10.9. The second-order valence-corrected chi connectivity index (χ2v) is 6.78. The molecule has 1 saturated carbocycles. The molecule has 0 spiro atoms. The van der Waals surface area contributed by atoms with Gasteiger partial charge in [-0.15, -0.1) is 0 Å². The summed E-state index contributed by atoms with van der Waals surface area (Å²) in [6.07, 6.45) is 5.38. The summed E-state index contributed by atoms with van der Waals surface area (Å²) in [7, 11) is 0. The van der Waals surface area contributed by atoms with Crippen LogP contribution in [0.3, 0.4) is 0 Å². The Hall–Kier alpha value is -1.10. The van der Waals surface area contributed by atoms with Crippen LogP contribution in [0.4, 0.5) is 0 Å². The van der Waals surface area contributed by atoms with Gasteiger partial charge in [-0.3, -0.25) is 4.79 Å². The number of carbonyl (C=O) groups excluding carboxylic acids is 1. The molecular formula is C19H28ClNO3. The van der Waals surface area contributed by atoms with Gasteiger partial charge in [0.2, 0.25) is 0 Å². The fraction of sp³-hybridized carbons (Fsp3) is 0.632. The van der Waals surface area contributed by atoms with Crippen LogP contribution in [-0.2, 0) is 20.9 Å². The quantitative estimate of drug-likeness (QED) is 0.539. The fourth-order valence-electron chi connectivity index (χ4n) is 3.03. The van der Waals surface area contributed by atoms with Gasteiger partial charge in [0.05, 0.1) is 25.7 Å². The van der Waals surface area contributed by atoms with Crippen molar-refractivity contribution in [2.24, 2.45) is 5.92 Å². The van der Waals surface area contributed by atoms with E-state index < -0.39 is 0 Å². The molecular weight excluding hydrogens is 326 g/mol. The number of halogens is 1. The lowest BCUT2D eigenvalue weighted by Crippen LogP contribution is -2.30. The van der Waals surface area contributed by atoms with Crippen molar-refractivity contribution >= 4 is 17.6 Å². The zero-order chi connectivity index (χ0) is 17.2. The van der Waals surface area contributed by atoms with Gasteiger partial charge in [0.25, 0.3) is 0 Å².